The average Bonchev–Trinajstić information content (AvgIpc) is 2.77. The van der Waals surface area contributed by atoms with E-state index in [-0.39, 0.29) is 5.91 Å². The van der Waals surface area contributed by atoms with Crippen LogP contribution in [0.5, 0.6) is 0 Å². The molecule has 6 heteroatoms. The summed E-state index contributed by atoms with van der Waals surface area (Å²) in [5, 5.41) is 7.67. The van der Waals surface area contributed by atoms with Crippen LogP contribution in [-0.4, -0.2) is 39.7 Å². The number of likely N-dealkylation sites (tertiary alicyclic amines) is 1. The fraction of sp³-hybridized carbons (Fsp3) is 0.733. The van der Waals surface area contributed by atoms with Crippen LogP contribution >= 0.6 is 15.9 Å². The van der Waals surface area contributed by atoms with E-state index in [0.29, 0.717) is 6.04 Å². The van der Waals surface area contributed by atoms with Gasteiger partial charge in [0, 0.05) is 39.1 Å². The summed E-state index contributed by atoms with van der Waals surface area (Å²) < 4.78 is 3.26. The van der Waals surface area contributed by atoms with Crippen molar-refractivity contribution in [3.63, 3.8) is 0 Å². The number of piperidine rings is 1. The third kappa shape index (κ3) is 4.07. The lowest BCUT2D eigenvalue weighted by Crippen LogP contribution is -2.43. The zero-order valence-electron chi connectivity index (χ0n) is 13.2. The molecule has 1 aliphatic rings. The highest BCUT2D eigenvalue weighted by atomic mass is 79.9. The molecule has 0 bridgehead atoms. The minimum Gasteiger partial charge on any atom is -0.354 e. The molecule has 1 aliphatic heterocycles. The van der Waals surface area contributed by atoms with Crippen molar-refractivity contribution < 1.29 is 4.79 Å². The minimum absolute atomic E-state index is 0.0767. The molecule has 2 heterocycles. The topological polar surface area (TPSA) is 50.2 Å². The van der Waals surface area contributed by atoms with Crippen molar-refractivity contribution in [2.24, 2.45) is 0 Å². The molecule has 0 aliphatic carbocycles. The Morgan fingerprint density at radius 1 is 1.38 bits per heavy atom. The summed E-state index contributed by atoms with van der Waals surface area (Å²) >= 11 is 3.71. The van der Waals surface area contributed by atoms with Crippen molar-refractivity contribution in [1.82, 2.24) is 20.0 Å². The maximum atomic E-state index is 11.1. The lowest BCUT2D eigenvalue weighted by molar-refractivity contribution is -0.119. The van der Waals surface area contributed by atoms with E-state index in [9.17, 15) is 4.79 Å². The Morgan fingerprint density at radius 2 is 2.05 bits per heavy atom. The Labute approximate surface area is 135 Å². The van der Waals surface area contributed by atoms with Gasteiger partial charge in [0.15, 0.2) is 0 Å². The van der Waals surface area contributed by atoms with Crippen molar-refractivity contribution in [3.8, 4) is 0 Å². The van der Waals surface area contributed by atoms with Crippen molar-refractivity contribution in [2.75, 3.05) is 13.1 Å². The van der Waals surface area contributed by atoms with Gasteiger partial charge in [0.05, 0.1) is 15.9 Å². The van der Waals surface area contributed by atoms with Crippen LogP contribution in [-0.2, 0) is 24.3 Å². The Hall–Kier alpha value is -0.880. The molecule has 118 valence electrons. The lowest BCUT2D eigenvalue weighted by atomic mass is 10.0. The standard InChI is InChI=1S/C15H25BrN4O/c1-4-13-15(16)14(20(5-2)18-13)10-19-8-6-12(7-9-19)17-11(3)21/h12H,4-10H2,1-3H3,(H,17,21). The van der Waals surface area contributed by atoms with Crippen LogP contribution in [0.3, 0.4) is 0 Å². The number of hydrogen-bond donors (Lipinski definition) is 1. The highest BCUT2D eigenvalue weighted by Gasteiger charge is 2.22. The van der Waals surface area contributed by atoms with Gasteiger partial charge in [-0.2, -0.15) is 5.10 Å². The van der Waals surface area contributed by atoms with Gasteiger partial charge in [0.2, 0.25) is 5.91 Å². The Morgan fingerprint density at radius 3 is 2.57 bits per heavy atom. The molecular formula is C15H25BrN4O. The molecule has 1 fully saturated rings. The molecule has 0 saturated carbocycles. The summed E-state index contributed by atoms with van der Waals surface area (Å²) in [5.74, 6) is 0.0767. The minimum atomic E-state index is 0.0767. The second-order valence-electron chi connectivity index (χ2n) is 5.63. The zero-order valence-corrected chi connectivity index (χ0v) is 14.7. The maximum absolute atomic E-state index is 11.1. The van der Waals surface area contributed by atoms with Crippen LogP contribution in [0.1, 0.15) is 45.0 Å². The summed E-state index contributed by atoms with van der Waals surface area (Å²) in [6.45, 7) is 9.72. The number of aromatic nitrogens is 2. The molecule has 5 nitrogen and oxygen atoms in total. The monoisotopic (exact) mass is 356 g/mol. The molecule has 1 amide bonds. The summed E-state index contributed by atoms with van der Waals surface area (Å²) in [6.07, 6.45) is 3.00. The van der Waals surface area contributed by atoms with Gasteiger partial charge in [-0.05, 0) is 42.1 Å². The number of nitrogens with zero attached hydrogens (tertiary/aromatic N) is 3. The SMILES string of the molecule is CCc1nn(CC)c(CN2CCC(NC(C)=O)CC2)c1Br. The van der Waals surface area contributed by atoms with E-state index in [4.69, 9.17) is 0 Å². The van der Waals surface area contributed by atoms with Gasteiger partial charge in [-0.3, -0.25) is 14.4 Å². The van der Waals surface area contributed by atoms with E-state index in [1.807, 2.05) is 0 Å². The quantitative estimate of drug-likeness (QED) is 0.880. The van der Waals surface area contributed by atoms with Crippen LogP contribution in [0.4, 0.5) is 0 Å². The first-order valence-electron chi connectivity index (χ1n) is 7.78. The fourth-order valence-electron chi connectivity index (χ4n) is 2.90. The van der Waals surface area contributed by atoms with Gasteiger partial charge < -0.3 is 5.32 Å². The molecule has 0 radical (unpaired) electrons. The molecular weight excluding hydrogens is 332 g/mol. The number of hydrogen-bond acceptors (Lipinski definition) is 3. The van der Waals surface area contributed by atoms with Crippen LogP contribution in [0.15, 0.2) is 4.47 Å². The summed E-state index contributed by atoms with van der Waals surface area (Å²) in [6, 6.07) is 0.337. The predicted octanol–water partition coefficient (Wildman–Crippen LogP) is 2.33. The van der Waals surface area contributed by atoms with Crippen molar-refractivity contribution in [1.29, 1.82) is 0 Å². The van der Waals surface area contributed by atoms with E-state index in [1.165, 1.54) is 5.69 Å². The van der Waals surface area contributed by atoms with E-state index >= 15 is 0 Å². The molecule has 0 aromatic carbocycles. The lowest BCUT2D eigenvalue weighted by Gasteiger charge is -2.32. The van der Waals surface area contributed by atoms with Gasteiger partial charge in [0.1, 0.15) is 0 Å². The Kier molecular flexibility index (Phi) is 5.81. The van der Waals surface area contributed by atoms with E-state index in [2.05, 4.69) is 49.8 Å². The van der Waals surface area contributed by atoms with Crippen molar-refractivity contribution >= 4 is 21.8 Å². The number of aryl methyl sites for hydroxylation is 2. The third-order valence-electron chi connectivity index (χ3n) is 4.06. The Bertz CT molecular complexity index is 492. The number of nitrogens with one attached hydrogen (secondary N) is 1. The number of rotatable bonds is 5. The van der Waals surface area contributed by atoms with Crippen molar-refractivity contribution in [2.45, 2.75) is 59.2 Å². The number of amides is 1. The van der Waals surface area contributed by atoms with Gasteiger partial charge in [-0.1, -0.05) is 6.92 Å². The van der Waals surface area contributed by atoms with Crippen molar-refractivity contribution in [3.05, 3.63) is 15.9 Å². The highest BCUT2D eigenvalue weighted by molar-refractivity contribution is 9.10. The second kappa shape index (κ2) is 7.40. The van der Waals surface area contributed by atoms with Gasteiger partial charge in [0.25, 0.3) is 0 Å². The largest absolute Gasteiger partial charge is 0.354 e. The molecule has 0 unspecified atom stereocenters. The molecule has 1 saturated heterocycles. The molecule has 21 heavy (non-hydrogen) atoms. The first kappa shape index (κ1) is 16.5. The summed E-state index contributed by atoms with van der Waals surface area (Å²) in [4.78, 5) is 13.6. The van der Waals surface area contributed by atoms with E-state index in [1.54, 1.807) is 6.92 Å². The fourth-order valence-corrected chi connectivity index (χ4v) is 3.59. The molecule has 1 aromatic rings. The zero-order chi connectivity index (χ0) is 15.4. The van der Waals surface area contributed by atoms with Crippen LogP contribution < -0.4 is 5.32 Å². The number of carbonyl (C=O) groups excluding carboxylic acids is 1. The number of carbonyl (C=O) groups is 1. The summed E-state index contributed by atoms with van der Waals surface area (Å²) in [5.41, 5.74) is 2.41. The van der Waals surface area contributed by atoms with E-state index < -0.39 is 0 Å². The average molecular weight is 357 g/mol. The van der Waals surface area contributed by atoms with Gasteiger partial charge >= 0.3 is 0 Å². The van der Waals surface area contributed by atoms with Crippen LogP contribution in [0, 0.1) is 0 Å². The van der Waals surface area contributed by atoms with Crippen LogP contribution in [0.2, 0.25) is 0 Å². The molecule has 1 N–H and O–H groups in total. The normalized spacial score (nSPS) is 17.1. The number of halogens is 1. The third-order valence-corrected chi connectivity index (χ3v) is 4.98. The predicted molar refractivity (Wildman–Crippen MR) is 87.1 cm³/mol. The smallest absolute Gasteiger partial charge is 0.217 e. The molecule has 1 aromatic heterocycles. The molecule has 0 atom stereocenters. The molecule has 0 spiro atoms. The Balaban J connectivity index is 1.97. The van der Waals surface area contributed by atoms with E-state index in [0.717, 1.165) is 55.6 Å². The molecule has 2 rings (SSSR count). The first-order valence-corrected chi connectivity index (χ1v) is 8.57. The maximum Gasteiger partial charge on any atom is 0.217 e. The van der Waals surface area contributed by atoms with Crippen LogP contribution in [0.25, 0.3) is 0 Å². The summed E-state index contributed by atoms with van der Waals surface area (Å²) in [7, 11) is 0. The first-order chi connectivity index (χ1) is 10.0. The van der Waals surface area contributed by atoms with Gasteiger partial charge in [-0.25, -0.2) is 0 Å². The highest BCUT2D eigenvalue weighted by Crippen LogP contribution is 2.25. The van der Waals surface area contributed by atoms with Gasteiger partial charge in [-0.15, -0.1) is 0 Å². The second-order valence-corrected chi connectivity index (χ2v) is 6.42.